The van der Waals surface area contributed by atoms with E-state index in [1.165, 1.54) is 28.9 Å². The molecule has 0 spiro atoms. The van der Waals surface area contributed by atoms with Gasteiger partial charge in [-0.15, -0.1) is 0 Å². The summed E-state index contributed by atoms with van der Waals surface area (Å²) in [5.74, 6) is 0. The Balaban J connectivity index is 2.68. The summed E-state index contributed by atoms with van der Waals surface area (Å²) >= 11 is 0. The van der Waals surface area contributed by atoms with E-state index in [0.717, 1.165) is 11.1 Å². The summed E-state index contributed by atoms with van der Waals surface area (Å²) in [5.41, 5.74) is 3.12. The van der Waals surface area contributed by atoms with E-state index in [1.807, 2.05) is 18.2 Å². The van der Waals surface area contributed by atoms with Gasteiger partial charge in [0, 0.05) is 0 Å². The van der Waals surface area contributed by atoms with E-state index in [4.69, 9.17) is 0 Å². The van der Waals surface area contributed by atoms with Crippen molar-refractivity contribution in [3.8, 4) is 6.07 Å². The van der Waals surface area contributed by atoms with Gasteiger partial charge in [0.05, 0.1) is 19.7 Å². The van der Waals surface area contributed by atoms with Crippen LogP contribution in [-0.4, -0.2) is 8.07 Å². The number of nitrogens with zero attached hydrogens (tertiary/aromatic N) is 1. The molecule has 0 bridgehead atoms. The molecule has 0 saturated heterocycles. The van der Waals surface area contributed by atoms with E-state index in [9.17, 15) is 5.26 Å². The van der Waals surface area contributed by atoms with Gasteiger partial charge in [0.1, 0.15) is 0 Å². The first-order valence-electron chi connectivity index (χ1n) is 8.47. The summed E-state index contributed by atoms with van der Waals surface area (Å²) < 4.78 is 0. The predicted octanol–water partition coefficient (Wildman–Crippen LogP) is 6.15. The van der Waals surface area contributed by atoms with Gasteiger partial charge >= 0.3 is 0 Å². The van der Waals surface area contributed by atoms with Crippen LogP contribution in [0.3, 0.4) is 0 Å². The first-order chi connectivity index (χ1) is 11.2. The standard InChI is InChI=1S/C21H25NSi/c1-4-23(5-2,6-3)21(18-12-8-7-9-13-18)16-19-14-10-11-15-20(19)17-22/h7-16H,4-6H2,1-3H3/b21-16+. The van der Waals surface area contributed by atoms with Crippen LogP contribution in [0, 0.1) is 11.3 Å². The Kier molecular flexibility index (Phi) is 5.95. The minimum atomic E-state index is -1.55. The van der Waals surface area contributed by atoms with E-state index in [-0.39, 0.29) is 0 Å². The van der Waals surface area contributed by atoms with Crippen LogP contribution in [-0.2, 0) is 0 Å². The molecule has 0 saturated carbocycles. The molecule has 0 aliphatic rings. The average Bonchev–Trinajstić information content (AvgIpc) is 2.63. The fourth-order valence-electron chi connectivity index (χ4n) is 3.36. The Morgan fingerprint density at radius 1 is 0.913 bits per heavy atom. The zero-order valence-electron chi connectivity index (χ0n) is 14.3. The normalized spacial score (nSPS) is 12.0. The Bertz CT molecular complexity index is 698. The molecular weight excluding hydrogens is 294 g/mol. The first-order valence-corrected chi connectivity index (χ1v) is 11.1. The molecule has 2 aromatic rings. The highest BCUT2D eigenvalue weighted by atomic mass is 28.3. The second-order valence-corrected chi connectivity index (χ2v) is 11.2. The zero-order chi connectivity index (χ0) is 16.7. The first kappa shape index (κ1) is 17.2. The van der Waals surface area contributed by atoms with Crippen molar-refractivity contribution < 1.29 is 0 Å². The maximum Gasteiger partial charge on any atom is 0.0997 e. The van der Waals surface area contributed by atoms with Gasteiger partial charge in [-0.3, -0.25) is 0 Å². The van der Waals surface area contributed by atoms with Crippen molar-refractivity contribution in [3.63, 3.8) is 0 Å². The second-order valence-electron chi connectivity index (χ2n) is 5.96. The van der Waals surface area contributed by atoms with Gasteiger partial charge in [0.15, 0.2) is 0 Å². The summed E-state index contributed by atoms with van der Waals surface area (Å²) in [5, 5.41) is 10.9. The highest BCUT2D eigenvalue weighted by Crippen LogP contribution is 2.37. The van der Waals surface area contributed by atoms with Gasteiger partial charge in [-0.1, -0.05) is 98.7 Å². The minimum Gasteiger partial charge on any atom is -0.192 e. The molecule has 0 unspecified atom stereocenters. The maximum absolute atomic E-state index is 9.41. The largest absolute Gasteiger partial charge is 0.192 e. The van der Waals surface area contributed by atoms with Crippen molar-refractivity contribution in [2.75, 3.05) is 0 Å². The lowest BCUT2D eigenvalue weighted by atomic mass is 10.1. The molecule has 0 amide bonds. The van der Waals surface area contributed by atoms with Crippen molar-refractivity contribution >= 4 is 19.3 Å². The van der Waals surface area contributed by atoms with Crippen molar-refractivity contribution in [1.82, 2.24) is 0 Å². The van der Waals surface area contributed by atoms with Gasteiger partial charge in [0.2, 0.25) is 0 Å². The quantitative estimate of drug-likeness (QED) is 0.463. The van der Waals surface area contributed by atoms with Gasteiger partial charge in [-0.2, -0.15) is 5.26 Å². The molecule has 0 aliphatic carbocycles. The van der Waals surface area contributed by atoms with E-state index < -0.39 is 8.07 Å². The Hall–Kier alpha value is -2.11. The zero-order valence-corrected chi connectivity index (χ0v) is 15.3. The summed E-state index contributed by atoms with van der Waals surface area (Å²) in [6.07, 6.45) is 2.29. The maximum atomic E-state index is 9.41. The van der Waals surface area contributed by atoms with Gasteiger partial charge in [0.25, 0.3) is 0 Å². The van der Waals surface area contributed by atoms with E-state index >= 15 is 0 Å². The smallest absolute Gasteiger partial charge is 0.0997 e. The Labute approximate surface area is 141 Å². The van der Waals surface area contributed by atoms with E-state index in [1.54, 1.807) is 0 Å². The second kappa shape index (κ2) is 7.94. The lowest BCUT2D eigenvalue weighted by molar-refractivity contribution is 1.20. The van der Waals surface area contributed by atoms with Gasteiger partial charge < -0.3 is 0 Å². The molecule has 0 heterocycles. The highest BCUT2D eigenvalue weighted by Gasteiger charge is 2.32. The van der Waals surface area contributed by atoms with Crippen LogP contribution < -0.4 is 0 Å². The molecule has 0 N–H and O–H groups in total. The van der Waals surface area contributed by atoms with E-state index in [0.29, 0.717) is 0 Å². The summed E-state index contributed by atoms with van der Waals surface area (Å²) in [6.45, 7) is 6.98. The highest BCUT2D eigenvalue weighted by molar-refractivity contribution is 6.97. The van der Waals surface area contributed by atoms with Crippen LogP contribution in [0.4, 0.5) is 0 Å². The summed E-state index contributed by atoms with van der Waals surface area (Å²) in [7, 11) is -1.55. The average molecular weight is 320 g/mol. The number of rotatable bonds is 6. The minimum absolute atomic E-state index is 0.757. The molecule has 0 fully saturated rings. The lowest BCUT2D eigenvalue weighted by Gasteiger charge is -2.32. The van der Waals surface area contributed by atoms with Crippen molar-refractivity contribution in [2.45, 2.75) is 38.9 Å². The molecular formula is C21H25NSi. The molecule has 23 heavy (non-hydrogen) atoms. The third-order valence-electron chi connectivity index (χ3n) is 5.07. The van der Waals surface area contributed by atoms with Crippen LogP contribution in [0.2, 0.25) is 18.1 Å². The van der Waals surface area contributed by atoms with Crippen LogP contribution in [0.25, 0.3) is 11.3 Å². The molecule has 2 aromatic carbocycles. The summed E-state index contributed by atoms with van der Waals surface area (Å²) in [4.78, 5) is 0. The Morgan fingerprint density at radius 2 is 1.48 bits per heavy atom. The molecule has 0 atom stereocenters. The monoisotopic (exact) mass is 319 g/mol. The lowest BCUT2D eigenvalue weighted by Crippen LogP contribution is -2.33. The molecule has 0 aromatic heterocycles. The van der Waals surface area contributed by atoms with Crippen molar-refractivity contribution in [1.29, 1.82) is 5.26 Å². The molecule has 0 radical (unpaired) electrons. The predicted molar refractivity (Wildman–Crippen MR) is 103 cm³/mol. The molecule has 2 heteroatoms. The Morgan fingerprint density at radius 3 is 2.04 bits per heavy atom. The molecule has 2 rings (SSSR count). The summed E-state index contributed by atoms with van der Waals surface area (Å²) in [6, 6.07) is 24.6. The molecule has 0 aliphatic heterocycles. The van der Waals surface area contributed by atoms with Crippen LogP contribution in [0.5, 0.6) is 0 Å². The van der Waals surface area contributed by atoms with Crippen molar-refractivity contribution in [2.24, 2.45) is 0 Å². The van der Waals surface area contributed by atoms with Crippen LogP contribution in [0.1, 0.15) is 37.5 Å². The fraction of sp³-hybridized carbons (Fsp3) is 0.286. The molecule has 118 valence electrons. The third kappa shape index (κ3) is 3.63. The fourth-order valence-corrected chi connectivity index (χ4v) is 7.25. The molecule has 1 nitrogen and oxygen atoms in total. The number of hydrogen-bond donors (Lipinski definition) is 0. The topological polar surface area (TPSA) is 23.8 Å². The number of benzene rings is 2. The number of hydrogen-bond acceptors (Lipinski definition) is 1. The van der Waals surface area contributed by atoms with E-state index in [2.05, 4.69) is 69.3 Å². The third-order valence-corrected chi connectivity index (χ3v) is 10.7. The van der Waals surface area contributed by atoms with Crippen LogP contribution in [0.15, 0.2) is 54.6 Å². The SMILES string of the molecule is CC[Si](CC)(CC)/C(=C/c1ccccc1C#N)c1ccccc1. The van der Waals surface area contributed by atoms with Gasteiger partial charge in [-0.05, 0) is 17.2 Å². The van der Waals surface area contributed by atoms with Gasteiger partial charge in [-0.25, -0.2) is 0 Å². The number of nitriles is 1. The van der Waals surface area contributed by atoms with Crippen molar-refractivity contribution in [3.05, 3.63) is 71.3 Å². The van der Waals surface area contributed by atoms with Crippen LogP contribution >= 0.6 is 0 Å².